The lowest BCUT2D eigenvalue weighted by Crippen LogP contribution is -1.99. The summed E-state index contributed by atoms with van der Waals surface area (Å²) in [7, 11) is 0. The zero-order valence-corrected chi connectivity index (χ0v) is 11.7. The third-order valence-corrected chi connectivity index (χ3v) is 3.24. The first-order valence-corrected chi connectivity index (χ1v) is 6.56. The second-order valence-electron chi connectivity index (χ2n) is 3.88. The number of hydrogen-bond donors (Lipinski definition) is 1. The van der Waals surface area contributed by atoms with Crippen molar-refractivity contribution in [2.75, 3.05) is 0 Å². The van der Waals surface area contributed by atoms with Gasteiger partial charge in [-0.05, 0) is 28.9 Å². The van der Waals surface area contributed by atoms with Crippen molar-refractivity contribution in [2.45, 2.75) is 26.7 Å². The van der Waals surface area contributed by atoms with E-state index in [-0.39, 0.29) is 6.61 Å². The van der Waals surface area contributed by atoms with Crippen LogP contribution in [-0.4, -0.2) is 14.9 Å². The number of benzene rings is 1. The molecule has 0 radical (unpaired) electrons. The van der Waals surface area contributed by atoms with Crippen molar-refractivity contribution in [3.63, 3.8) is 0 Å². The molecule has 5 heteroatoms. The number of rotatable bonds is 5. The fourth-order valence-electron chi connectivity index (χ4n) is 1.65. The fourth-order valence-corrected chi connectivity index (χ4v) is 2.17. The molecule has 0 atom stereocenters. The molecule has 18 heavy (non-hydrogen) atoms. The van der Waals surface area contributed by atoms with Crippen LogP contribution < -0.4 is 4.74 Å². The first kappa shape index (κ1) is 13.1. The van der Waals surface area contributed by atoms with Crippen LogP contribution in [0.15, 0.2) is 35.1 Å². The average molecular weight is 311 g/mol. The van der Waals surface area contributed by atoms with E-state index in [1.165, 1.54) is 0 Å². The Morgan fingerprint density at radius 2 is 2.28 bits per heavy atom. The smallest absolute Gasteiger partial charge is 0.139 e. The Hall–Kier alpha value is -1.33. The lowest BCUT2D eigenvalue weighted by atomic mass is 10.2. The van der Waals surface area contributed by atoms with Crippen molar-refractivity contribution in [3.05, 3.63) is 46.2 Å². The van der Waals surface area contributed by atoms with Gasteiger partial charge in [-0.1, -0.05) is 12.1 Å². The first-order valence-electron chi connectivity index (χ1n) is 5.77. The molecule has 0 aliphatic rings. The third-order valence-electron chi connectivity index (χ3n) is 2.61. The highest BCUT2D eigenvalue weighted by molar-refractivity contribution is 9.10. The number of halogens is 1. The predicted molar refractivity (Wildman–Crippen MR) is 72.3 cm³/mol. The second kappa shape index (κ2) is 6.02. The van der Waals surface area contributed by atoms with Gasteiger partial charge in [0.15, 0.2) is 0 Å². The topological polar surface area (TPSA) is 47.3 Å². The van der Waals surface area contributed by atoms with Crippen molar-refractivity contribution in [2.24, 2.45) is 0 Å². The molecule has 0 saturated carbocycles. The van der Waals surface area contributed by atoms with Crippen molar-refractivity contribution in [3.8, 4) is 5.75 Å². The van der Waals surface area contributed by atoms with Gasteiger partial charge >= 0.3 is 0 Å². The molecule has 1 aromatic heterocycles. The lowest BCUT2D eigenvalue weighted by Gasteiger charge is -2.11. The molecule has 0 aliphatic carbocycles. The number of nitrogens with zero attached hydrogens (tertiary/aromatic N) is 2. The van der Waals surface area contributed by atoms with Gasteiger partial charge in [0.2, 0.25) is 0 Å². The maximum atomic E-state index is 9.26. The molecule has 1 heterocycles. The fraction of sp³-hybridized carbons (Fsp3) is 0.308. The van der Waals surface area contributed by atoms with Crippen LogP contribution >= 0.6 is 15.9 Å². The molecule has 0 aliphatic heterocycles. The molecule has 2 rings (SSSR count). The third kappa shape index (κ3) is 2.91. The van der Waals surface area contributed by atoms with Gasteiger partial charge in [-0.3, -0.25) is 4.68 Å². The van der Waals surface area contributed by atoms with E-state index in [9.17, 15) is 5.11 Å². The number of aliphatic hydroxyl groups is 1. The van der Waals surface area contributed by atoms with Gasteiger partial charge in [-0.25, -0.2) is 0 Å². The average Bonchev–Trinajstić information content (AvgIpc) is 2.85. The summed E-state index contributed by atoms with van der Waals surface area (Å²) in [4.78, 5) is 0. The van der Waals surface area contributed by atoms with Crippen LogP contribution in [-0.2, 0) is 19.8 Å². The molecule has 2 aromatic rings. The summed E-state index contributed by atoms with van der Waals surface area (Å²) in [6.45, 7) is 3.28. The van der Waals surface area contributed by atoms with Crippen molar-refractivity contribution in [1.29, 1.82) is 0 Å². The Kier molecular flexibility index (Phi) is 4.38. The summed E-state index contributed by atoms with van der Waals surface area (Å²) in [5, 5.41) is 13.5. The number of para-hydroxylation sites is 1. The predicted octanol–water partition coefficient (Wildman–Crippen LogP) is 2.74. The first-order chi connectivity index (χ1) is 8.74. The highest BCUT2D eigenvalue weighted by Crippen LogP contribution is 2.29. The molecule has 4 nitrogen and oxygen atoms in total. The van der Waals surface area contributed by atoms with Gasteiger partial charge in [0.05, 0.1) is 17.3 Å². The van der Waals surface area contributed by atoms with Crippen LogP contribution in [0.25, 0.3) is 0 Å². The molecular weight excluding hydrogens is 296 g/mol. The van der Waals surface area contributed by atoms with Gasteiger partial charge in [0, 0.05) is 23.9 Å². The van der Waals surface area contributed by atoms with E-state index >= 15 is 0 Å². The molecule has 0 fully saturated rings. The summed E-state index contributed by atoms with van der Waals surface area (Å²) in [6, 6.07) is 5.61. The van der Waals surface area contributed by atoms with Crippen LogP contribution in [0.5, 0.6) is 5.75 Å². The van der Waals surface area contributed by atoms with Crippen molar-refractivity contribution >= 4 is 15.9 Å². The van der Waals surface area contributed by atoms with Gasteiger partial charge in [0.1, 0.15) is 12.4 Å². The number of hydrogen-bond acceptors (Lipinski definition) is 3. The van der Waals surface area contributed by atoms with E-state index in [4.69, 9.17) is 4.74 Å². The standard InChI is InChI=1S/C13H15BrN2O2/c1-2-16-7-10(6-15-16)9-18-13-11(8-17)4-3-5-12(13)14/h3-7,17H,2,8-9H2,1H3. The number of aromatic nitrogens is 2. The van der Waals surface area contributed by atoms with Gasteiger partial charge in [0.25, 0.3) is 0 Å². The Bertz CT molecular complexity index is 525. The lowest BCUT2D eigenvalue weighted by molar-refractivity contribution is 0.258. The summed E-state index contributed by atoms with van der Waals surface area (Å²) in [6.07, 6.45) is 3.74. The van der Waals surface area contributed by atoms with Crippen LogP contribution in [0, 0.1) is 0 Å². The molecule has 96 valence electrons. The summed E-state index contributed by atoms with van der Waals surface area (Å²) in [5.74, 6) is 0.684. The van der Waals surface area contributed by atoms with Gasteiger partial charge in [-0.2, -0.15) is 5.10 Å². The maximum Gasteiger partial charge on any atom is 0.139 e. The number of ether oxygens (including phenoxy) is 1. The molecule has 1 N–H and O–H groups in total. The zero-order chi connectivity index (χ0) is 13.0. The van der Waals surface area contributed by atoms with Crippen LogP contribution in [0.2, 0.25) is 0 Å². The Labute approximate surface area is 114 Å². The normalized spacial score (nSPS) is 10.6. The van der Waals surface area contributed by atoms with Crippen molar-refractivity contribution < 1.29 is 9.84 Å². The highest BCUT2D eigenvalue weighted by atomic mass is 79.9. The monoisotopic (exact) mass is 310 g/mol. The summed E-state index contributed by atoms with van der Waals surface area (Å²) in [5.41, 5.74) is 1.78. The molecule has 0 saturated heterocycles. The quantitative estimate of drug-likeness (QED) is 0.923. The minimum Gasteiger partial charge on any atom is -0.487 e. The molecule has 0 spiro atoms. The summed E-state index contributed by atoms with van der Waals surface area (Å²) < 4.78 is 8.44. The van der Waals surface area contributed by atoms with Crippen LogP contribution in [0.3, 0.4) is 0 Å². The summed E-state index contributed by atoms with van der Waals surface area (Å²) >= 11 is 3.42. The highest BCUT2D eigenvalue weighted by Gasteiger charge is 2.08. The van der Waals surface area contributed by atoms with Crippen molar-refractivity contribution in [1.82, 2.24) is 9.78 Å². The molecule has 0 amide bonds. The second-order valence-corrected chi connectivity index (χ2v) is 4.73. The van der Waals surface area contributed by atoms with Gasteiger partial charge < -0.3 is 9.84 Å². The zero-order valence-electron chi connectivity index (χ0n) is 10.1. The van der Waals surface area contributed by atoms with E-state index in [1.54, 1.807) is 6.20 Å². The molecule has 0 unspecified atom stereocenters. The Morgan fingerprint density at radius 3 is 2.94 bits per heavy atom. The van der Waals surface area contributed by atoms with E-state index in [0.29, 0.717) is 12.4 Å². The minimum atomic E-state index is -0.0387. The number of aliphatic hydroxyl groups excluding tert-OH is 1. The minimum absolute atomic E-state index is 0.0387. The molecule has 1 aromatic carbocycles. The van der Waals surface area contributed by atoms with E-state index in [1.807, 2.05) is 36.0 Å². The SMILES string of the molecule is CCn1cc(COc2c(Br)cccc2CO)cn1. The van der Waals surface area contributed by atoms with Crippen LogP contribution in [0.1, 0.15) is 18.1 Å². The largest absolute Gasteiger partial charge is 0.487 e. The molecule has 0 bridgehead atoms. The maximum absolute atomic E-state index is 9.26. The molecular formula is C13H15BrN2O2. The van der Waals surface area contributed by atoms with Crippen LogP contribution in [0.4, 0.5) is 0 Å². The van der Waals surface area contributed by atoms with E-state index in [0.717, 1.165) is 22.1 Å². The van der Waals surface area contributed by atoms with Gasteiger partial charge in [-0.15, -0.1) is 0 Å². The van der Waals surface area contributed by atoms with E-state index < -0.39 is 0 Å². The Morgan fingerprint density at radius 1 is 1.44 bits per heavy atom. The Balaban J connectivity index is 2.10. The van der Waals surface area contributed by atoms with E-state index in [2.05, 4.69) is 21.0 Å². The number of aryl methyl sites for hydroxylation is 1.